The standard InChI is InChI=1S/C20H27N3O2S/c1-13-4-3-5-16(14(13)2)21-19(24)15-6-7-17-18(12-15)26-20(22-17)23-8-10-25-11-9-23/h6-7,12-14,16H,3-5,8-11H2,1-2H3,(H,21,24)/t13-,14-,16+/m1/s1. The zero-order valence-corrected chi connectivity index (χ0v) is 16.3. The van der Waals surface area contributed by atoms with Gasteiger partial charge in [-0.3, -0.25) is 4.79 Å². The van der Waals surface area contributed by atoms with E-state index in [4.69, 9.17) is 9.72 Å². The Balaban J connectivity index is 1.50. The van der Waals surface area contributed by atoms with Crippen molar-refractivity contribution in [3.8, 4) is 0 Å². The SMILES string of the molecule is C[C@@H]1[C@H](C)CCC[C@@H]1NC(=O)c1ccc2nc(N3CCOCC3)sc2c1. The van der Waals surface area contributed by atoms with Gasteiger partial charge in [0.15, 0.2) is 5.13 Å². The lowest BCUT2D eigenvalue weighted by Gasteiger charge is -2.34. The van der Waals surface area contributed by atoms with E-state index < -0.39 is 0 Å². The number of carbonyl (C=O) groups is 1. The second-order valence-corrected chi connectivity index (χ2v) is 8.63. The van der Waals surface area contributed by atoms with Crippen molar-refractivity contribution in [3.63, 3.8) is 0 Å². The Kier molecular flexibility index (Phi) is 5.14. The number of benzene rings is 1. The molecule has 5 nitrogen and oxygen atoms in total. The topological polar surface area (TPSA) is 54.5 Å². The minimum atomic E-state index is 0.0409. The lowest BCUT2D eigenvalue weighted by molar-refractivity contribution is 0.0891. The van der Waals surface area contributed by atoms with Crippen molar-refractivity contribution in [1.29, 1.82) is 0 Å². The molecule has 1 saturated carbocycles. The number of nitrogens with one attached hydrogen (secondary N) is 1. The molecular weight excluding hydrogens is 346 g/mol. The zero-order chi connectivity index (χ0) is 18.1. The molecule has 3 atom stereocenters. The van der Waals surface area contributed by atoms with Crippen LogP contribution in [0.5, 0.6) is 0 Å². The molecule has 0 unspecified atom stereocenters. The van der Waals surface area contributed by atoms with Crippen molar-refractivity contribution in [3.05, 3.63) is 23.8 Å². The lowest BCUT2D eigenvalue weighted by atomic mass is 9.78. The first-order valence-corrected chi connectivity index (χ1v) is 10.5. The van der Waals surface area contributed by atoms with Gasteiger partial charge in [-0.2, -0.15) is 0 Å². The fourth-order valence-corrected chi connectivity index (χ4v) is 5.04. The lowest BCUT2D eigenvalue weighted by Crippen LogP contribution is -2.43. The van der Waals surface area contributed by atoms with Crippen LogP contribution in [-0.2, 0) is 4.74 Å². The molecule has 0 spiro atoms. The highest BCUT2D eigenvalue weighted by atomic mass is 32.1. The molecule has 1 aliphatic heterocycles. The summed E-state index contributed by atoms with van der Waals surface area (Å²) in [4.78, 5) is 19.8. The minimum absolute atomic E-state index is 0.0409. The highest BCUT2D eigenvalue weighted by molar-refractivity contribution is 7.22. The van der Waals surface area contributed by atoms with Gasteiger partial charge in [-0.05, 0) is 36.5 Å². The van der Waals surface area contributed by atoms with Crippen LogP contribution in [0.15, 0.2) is 18.2 Å². The number of anilines is 1. The van der Waals surface area contributed by atoms with E-state index in [1.54, 1.807) is 11.3 Å². The summed E-state index contributed by atoms with van der Waals surface area (Å²) in [5.74, 6) is 1.25. The highest BCUT2D eigenvalue weighted by Crippen LogP contribution is 2.31. The summed E-state index contributed by atoms with van der Waals surface area (Å²) < 4.78 is 6.49. The average molecular weight is 374 g/mol. The van der Waals surface area contributed by atoms with Crippen molar-refractivity contribution in [2.45, 2.75) is 39.2 Å². The molecule has 1 saturated heterocycles. The molecule has 140 valence electrons. The number of nitrogens with zero attached hydrogens (tertiary/aromatic N) is 2. The molecule has 2 heterocycles. The largest absolute Gasteiger partial charge is 0.378 e. The molecule has 26 heavy (non-hydrogen) atoms. The number of carbonyl (C=O) groups excluding carboxylic acids is 1. The van der Waals surface area contributed by atoms with E-state index in [0.29, 0.717) is 11.8 Å². The van der Waals surface area contributed by atoms with Gasteiger partial charge in [0.2, 0.25) is 0 Å². The third-order valence-corrected chi connectivity index (χ3v) is 7.02. The molecule has 1 amide bonds. The summed E-state index contributed by atoms with van der Waals surface area (Å²) in [5, 5.41) is 4.29. The van der Waals surface area contributed by atoms with Crippen LogP contribution in [0.4, 0.5) is 5.13 Å². The Hall–Kier alpha value is -1.66. The number of hydrogen-bond donors (Lipinski definition) is 1. The van der Waals surface area contributed by atoms with Gasteiger partial charge in [-0.15, -0.1) is 0 Å². The molecule has 0 bridgehead atoms. The molecule has 2 fully saturated rings. The molecule has 1 aromatic carbocycles. The minimum Gasteiger partial charge on any atom is -0.378 e. The van der Waals surface area contributed by atoms with Crippen LogP contribution < -0.4 is 10.2 Å². The number of morpholine rings is 1. The van der Waals surface area contributed by atoms with Crippen molar-refractivity contribution in [2.24, 2.45) is 11.8 Å². The summed E-state index contributed by atoms with van der Waals surface area (Å²) >= 11 is 1.66. The summed E-state index contributed by atoms with van der Waals surface area (Å²) in [6.07, 6.45) is 3.55. The van der Waals surface area contributed by atoms with Crippen LogP contribution in [0.25, 0.3) is 10.2 Å². The number of hydrogen-bond acceptors (Lipinski definition) is 5. The van der Waals surface area contributed by atoms with Crippen molar-refractivity contribution in [1.82, 2.24) is 10.3 Å². The molecule has 4 rings (SSSR count). The number of aromatic nitrogens is 1. The maximum absolute atomic E-state index is 12.8. The Morgan fingerprint density at radius 2 is 2.08 bits per heavy atom. The van der Waals surface area contributed by atoms with Crippen molar-refractivity contribution in [2.75, 3.05) is 31.2 Å². The molecule has 2 aromatic rings. The Morgan fingerprint density at radius 1 is 1.27 bits per heavy atom. The summed E-state index contributed by atoms with van der Waals surface area (Å²) in [6, 6.07) is 6.14. The smallest absolute Gasteiger partial charge is 0.251 e. The summed E-state index contributed by atoms with van der Waals surface area (Å²) in [5.41, 5.74) is 1.70. The van der Waals surface area contributed by atoms with Crippen molar-refractivity contribution >= 4 is 32.6 Å². The first-order chi connectivity index (χ1) is 12.6. The quantitative estimate of drug-likeness (QED) is 0.892. The number of ether oxygens (including phenoxy) is 1. The van der Waals surface area contributed by atoms with E-state index >= 15 is 0 Å². The zero-order valence-electron chi connectivity index (χ0n) is 15.5. The molecule has 1 aliphatic carbocycles. The van der Waals surface area contributed by atoms with Gasteiger partial charge >= 0.3 is 0 Å². The average Bonchev–Trinajstić information content (AvgIpc) is 3.09. The molecule has 1 N–H and O–H groups in total. The van der Waals surface area contributed by atoms with Crippen LogP contribution in [0, 0.1) is 11.8 Å². The van der Waals surface area contributed by atoms with Gasteiger partial charge in [0, 0.05) is 24.7 Å². The maximum Gasteiger partial charge on any atom is 0.251 e. The molecule has 6 heteroatoms. The molecule has 0 radical (unpaired) electrons. The van der Waals surface area contributed by atoms with Crippen LogP contribution in [-0.4, -0.2) is 43.2 Å². The number of thiazole rings is 1. The van der Waals surface area contributed by atoms with Gasteiger partial charge < -0.3 is 15.0 Å². The van der Waals surface area contributed by atoms with E-state index in [9.17, 15) is 4.79 Å². The van der Waals surface area contributed by atoms with Crippen molar-refractivity contribution < 1.29 is 9.53 Å². The fraction of sp³-hybridized carbons (Fsp3) is 0.600. The van der Waals surface area contributed by atoms with Gasteiger partial charge in [0.1, 0.15) is 0 Å². The fourth-order valence-electron chi connectivity index (χ4n) is 3.98. The van der Waals surface area contributed by atoms with E-state index in [-0.39, 0.29) is 11.9 Å². The Bertz CT molecular complexity index is 784. The van der Waals surface area contributed by atoms with Gasteiger partial charge in [0.05, 0.1) is 23.4 Å². The number of fused-ring (bicyclic) bond motifs is 1. The highest BCUT2D eigenvalue weighted by Gasteiger charge is 2.28. The van der Waals surface area contributed by atoms with Crippen LogP contribution in [0.1, 0.15) is 43.5 Å². The van der Waals surface area contributed by atoms with Gasteiger partial charge in [0.25, 0.3) is 5.91 Å². The first kappa shape index (κ1) is 17.7. The monoisotopic (exact) mass is 373 g/mol. The third-order valence-electron chi connectivity index (χ3n) is 5.94. The predicted molar refractivity (Wildman–Crippen MR) is 106 cm³/mol. The normalized spacial score (nSPS) is 26.8. The van der Waals surface area contributed by atoms with E-state index in [1.165, 1.54) is 12.8 Å². The van der Waals surface area contributed by atoms with E-state index in [0.717, 1.165) is 53.6 Å². The third kappa shape index (κ3) is 3.58. The predicted octanol–water partition coefficient (Wildman–Crippen LogP) is 3.69. The maximum atomic E-state index is 12.8. The first-order valence-electron chi connectivity index (χ1n) is 9.66. The number of rotatable bonds is 3. The summed E-state index contributed by atoms with van der Waals surface area (Å²) in [7, 11) is 0. The number of amides is 1. The molecule has 1 aromatic heterocycles. The van der Waals surface area contributed by atoms with Gasteiger partial charge in [-0.1, -0.05) is 38.0 Å². The van der Waals surface area contributed by atoms with Crippen LogP contribution in [0.3, 0.4) is 0 Å². The van der Waals surface area contributed by atoms with Crippen LogP contribution >= 0.6 is 11.3 Å². The molecular formula is C20H27N3O2S. The summed E-state index contributed by atoms with van der Waals surface area (Å²) in [6.45, 7) is 7.81. The Labute approximate surface area is 158 Å². The van der Waals surface area contributed by atoms with E-state index in [2.05, 4.69) is 24.1 Å². The second kappa shape index (κ2) is 7.53. The van der Waals surface area contributed by atoms with E-state index in [1.807, 2.05) is 18.2 Å². The second-order valence-electron chi connectivity index (χ2n) is 7.63. The molecule has 2 aliphatic rings. The van der Waals surface area contributed by atoms with Crippen LogP contribution in [0.2, 0.25) is 0 Å². The van der Waals surface area contributed by atoms with Gasteiger partial charge in [-0.25, -0.2) is 4.98 Å². The Morgan fingerprint density at radius 3 is 2.88 bits per heavy atom.